The van der Waals surface area contributed by atoms with Crippen LogP contribution in [0.1, 0.15) is 106 Å². The van der Waals surface area contributed by atoms with E-state index in [0.717, 1.165) is 54.3 Å². The topological polar surface area (TPSA) is 29.1 Å². The molecular formula is C27H47NO. The van der Waals surface area contributed by atoms with Gasteiger partial charge in [0.2, 0.25) is 5.91 Å². The maximum atomic E-state index is 12.1. The first-order chi connectivity index (χ1) is 13.7. The first-order valence-electron chi connectivity index (χ1n) is 13.0. The quantitative estimate of drug-likeness (QED) is 0.537. The molecule has 0 bridgehead atoms. The maximum Gasteiger partial charge on any atom is 0.220 e. The van der Waals surface area contributed by atoms with Gasteiger partial charge in [0, 0.05) is 12.5 Å². The average molecular weight is 402 g/mol. The van der Waals surface area contributed by atoms with Crippen LogP contribution in [-0.4, -0.2) is 11.9 Å². The molecule has 1 N–H and O–H groups in total. The summed E-state index contributed by atoms with van der Waals surface area (Å²) in [7, 11) is 0. The monoisotopic (exact) mass is 401 g/mol. The SMILES string of the molecule is CC(C)CCC[C@@H](C)[C@H]1CC[C@H]2[C@@H]3[C@@H](C)C[C@H]4NC(=O)CC[C@]4(C)[C@H]3CC[C@]12C. The highest BCUT2D eigenvalue weighted by Gasteiger charge is 2.62. The van der Waals surface area contributed by atoms with Gasteiger partial charge in [0.25, 0.3) is 0 Å². The second-order valence-electron chi connectivity index (χ2n) is 12.7. The Morgan fingerprint density at radius 1 is 1.00 bits per heavy atom. The predicted octanol–water partition coefficient (Wildman–Crippen LogP) is 6.83. The fraction of sp³-hybridized carbons (Fsp3) is 0.963. The van der Waals surface area contributed by atoms with Crippen LogP contribution in [0.15, 0.2) is 0 Å². The Morgan fingerprint density at radius 3 is 2.45 bits per heavy atom. The lowest BCUT2D eigenvalue weighted by Gasteiger charge is -2.62. The largest absolute Gasteiger partial charge is 0.353 e. The third kappa shape index (κ3) is 3.59. The Bertz CT molecular complexity index is 614. The van der Waals surface area contributed by atoms with E-state index in [1.54, 1.807) is 0 Å². The normalized spacial score (nSPS) is 47.9. The summed E-state index contributed by atoms with van der Waals surface area (Å²) >= 11 is 0. The summed E-state index contributed by atoms with van der Waals surface area (Å²) in [5.41, 5.74) is 0.904. The van der Waals surface area contributed by atoms with Gasteiger partial charge in [-0.05, 0) is 90.8 Å². The maximum absolute atomic E-state index is 12.1. The van der Waals surface area contributed by atoms with Crippen molar-refractivity contribution in [2.45, 2.75) is 112 Å². The molecule has 1 heterocycles. The van der Waals surface area contributed by atoms with Crippen LogP contribution in [0, 0.1) is 52.3 Å². The summed E-state index contributed by atoms with van der Waals surface area (Å²) in [5, 5.41) is 3.41. The van der Waals surface area contributed by atoms with Crippen molar-refractivity contribution >= 4 is 5.91 Å². The molecule has 3 aliphatic carbocycles. The van der Waals surface area contributed by atoms with Crippen LogP contribution in [0.4, 0.5) is 0 Å². The van der Waals surface area contributed by atoms with Gasteiger partial charge in [0.15, 0.2) is 0 Å². The van der Waals surface area contributed by atoms with Crippen LogP contribution in [-0.2, 0) is 4.79 Å². The molecular weight excluding hydrogens is 354 g/mol. The van der Waals surface area contributed by atoms with Crippen LogP contribution in [0.5, 0.6) is 0 Å². The summed E-state index contributed by atoms with van der Waals surface area (Å²) in [5.74, 6) is 6.36. The first kappa shape index (κ1) is 21.7. The number of carbonyl (C=O) groups excluding carboxylic acids is 1. The van der Waals surface area contributed by atoms with Gasteiger partial charge in [-0.25, -0.2) is 0 Å². The third-order valence-corrected chi connectivity index (χ3v) is 10.7. The number of fused-ring (bicyclic) bond motifs is 5. The molecule has 0 unspecified atom stereocenters. The lowest BCUT2D eigenvalue weighted by atomic mass is 9.44. The molecule has 0 aromatic rings. The van der Waals surface area contributed by atoms with E-state index >= 15 is 0 Å². The van der Waals surface area contributed by atoms with Gasteiger partial charge in [0.1, 0.15) is 0 Å². The fourth-order valence-electron chi connectivity index (χ4n) is 9.07. The number of amides is 1. The Labute approximate surface area is 180 Å². The molecule has 9 atom stereocenters. The Morgan fingerprint density at radius 2 is 1.72 bits per heavy atom. The summed E-state index contributed by atoms with van der Waals surface area (Å²) in [6.07, 6.45) is 13.1. The second-order valence-corrected chi connectivity index (χ2v) is 12.7. The molecule has 0 spiro atoms. The van der Waals surface area contributed by atoms with Gasteiger partial charge in [-0.3, -0.25) is 4.79 Å². The number of hydrogen-bond acceptors (Lipinski definition) is 1. The van der Waals surface area contributed by atoms with Crippen LogP contribution in [0.2, 0.25) is 0 Å². The highest BCUT2D eigenvalue weighted by molar-refractivity contribution is 5.77. The summed E-state index contributed by atoms with van der Waals surface area (Å²) in [6, 6.07) is 0.427. The van der Waals surface area contributed by atoms with Crippen molar-refractivity contribution in [2.24, 2.45) is 52.3 Å². The van der Waals surface area contributed by atoms with Gasteiger partial charge in [-0.2, -0.15) is 0 Å². The van der Waals surface area contributed by atoms with E-state index in [2.05, 4.69) is 46.9 Å². The number of nitrogens with one attached hydrogen (secondary N) is 1. The molecule has 166 valence electrons. The second kappa shape index (κ2) is 7.86. The van der Waals surface area contributed by atoms with Crippen molar-refractivity contribution in [1.82, 2.24) is 5.32 Å². The number of hydrogen-bond donors (Lipinski definition) is 1. The van der Waals surface area contributed by atoms with Crippen molar-refractivity contribution in [1.29, 1.82) is 0 Å². The van der Waals surface area contributed by atoms with Crippen LogP contribution >= 0.6 is 0 Å². The van der Waals surface area contributed by atoms with Gasteiger partial charge in [-0.1, -0.05) is 60.8 Å². The van der Waals surface area contributed by atoms with E-state index in [0.29, 0.717) is 22.8 Å². The molecule has 1 amide bonds. The Balaban J connectivity index is 1.51. The van der Waals surface area contributed by atoms with E-state index in [1.165, 1.54) is 51.4 Å². The highest BCUT2D eigenvalue weighted by atomic mass is 16.1. The molecule has 4 aliphatic rings. The van der Waals surface area contributed by atoms with Crippen molar-refractivity contribution in [3.63, 3.8) is 0 Å². The van der Waals surface area contributed by atoms with E-state index in [9.17, 15) is 4.79 Å². The highest BCUT2D eigenvalue weighted by Crippen LogP contribution is 2.67. The van der Waals surface area contributed by atoms with Crippen molar-refractivity contribution < 1.29 is 4.79 Å². The van der Waals surface area contributed by atoms with E-state index in [4.69, 9.17) is 0 Å². The zero-order valence-corrected chi connectivity index (χ0v) is 20.1. The minimum absolute atomic E-state index is 0.301. The smallest absolute Gasteiger partial charge is 0.220 e. The number of piperidine rings is 1. The Kier molecular flexibility index (Phi) is 5.88. The van der Waals surface area contributed by atoms with Crippen molar-refractivity contribution in [2.75, 3.05) is 0 Å². The van der Waals surface area contributed by atoms with Crippen LogP contribution in [0.3, 0.4) is 0 Å². The minimum Gasteiger partial charge on any atom is -0.353 e. The lowest BCUT2D eigenvalue weighted by molar-refractivity contribution is -0.144. The van der Waals surface area contributed by atoms with Crippen LogP contribution < -0.4 is 5.32 Å². The fourth-order valence-corrected chi connectivity index (χ4v) is 9.07. The Hall–Kier alpha value is -0.530. The van der Waals surface area contributed by atoms with Gasteiger partial charge >= 0.3 is 0 Å². The molecule has 0 radical (unpaired) electrons. The standard InChI is InChI=1S/C27H47NO/c1-17(2)8-7-9-18(3)20-10-11-21-25-19(4)16-23-27(6,15-13-24(29)28-23)22(25)12-14-26(20,21)5/h17-23,25H,7-16H2,1-6H3,(H,28,29)/t18-,19+,20-,21+,22+,23-,25+,26-,27-/m1/s1. The average Bonchev–Trinajstić information content (AvgIpc) is 3.00. The molecule has 2 nitrogen and oxygen atoms in total. The molecule has 1 aliphatic heterocycles. The van der Waals surface area contributed by atoms with E-state index in [-0.39, 0.29) is 0 Å². The third-order valence-electron chi connectivity index (χ3n) is 10.7. The molecule has 4 rings (SSSR count). The van der Waals surface area contributed by atoms with E-state index in [1.807, 2.05) is 0 Å². The minimum atomic E-state index is 0.301. The number of rotatable bonds is 5. The molecule has 0 aromatic carbocycles. The molecule has 29 heavy (non-hydrogen) atoms. The predicted molar refractivity (Wildman–Crippen MR) is 121 cm³/mol. The lowest BCUT2D eigenvalue weighted by Crippen LogP contribution is -2.63. The van der Waals surface area contributed by atoms with Crippen molar-refractivity contribution in [3.05, 3.63) is 0 Å². The molecule has 1 saturated heterocycles. The van der Waals surface area contributed by atoms with Crippen LogP contribution in [0.25, 0.3) is 0 Å². The zero-order valence-electron chi connectivity index (χ0n) is 20.1. The van der Waals surface area contributed by atoms with Gasteiger partial charge in [0.05, 0.1) is 0 Å². The molecule has 2 heteroatoms. The summed E-state index contributed by atoms with van der Waals surface area (Å²) in [4.78, 5) is 12.1. The summed E-state index contributed by atoms with van der Waals surface area (Å²) < 4.78 is 0. The molecule has 0 aromatic heterocycles. The molecule has 4 fully saturated rings. The van der Waals surface area contributed by atoms with Crippen molar-refractivity contribution in [3.8, 4) is 0 Å². The van der Waals surface area contributed by atoms with Gasteiger partial charge in [-0.15, -0.1) is 0 Å². The molecule has 3 saturated carbocycles. The number of carbonyl (C=O) groups is 1. The summed E-state index contributed by atoms with van der Waals surface area (Å²) in [6.45, 7) is 15.0. The van der Waals surface area contributed by atoms with Gasteiger partial charge < -0.3 is 5.32 Å². The first-order valence-corrected chi connectivity index (χ1v) is 13.0. The zero-order chi connectivity index (χ0) is 21.0. The van der Waals surface area contributed by atoms with E-state index < -0.39 is 0 Å².